The number of aliphatic hydroxyl groups excluding tert-OH is 1. The molecule has 2 aromatic rings. The first-order chi connectivity index (χ1) is 15.0. The van der Waals surface area contributed by atoms with Crippen molar-refractivity contribution in [2.75, 3.05) is 55.2 Å². The van der Waals surface area contributed by atoms with Crippen molar-refractivity contribution in [2.45, 2.75) is 32.1 Å². The molecule has 0 bridgehead atoms. The Bertz CT molecular complexity index is 824. The SMILES string of the molecule is COc1ccc(C[C@@H](C)c2cc(OC)c(OC)cc2CCN(C)CCCO)cc1OC. The summed E-state index contributed by atoms with van der Waals surface area (Å²) >= 11 is 0. The number of methoxy groups -OCH3 is 4. The summed E-state index contributed by atoms with van der Waals surface area (Å²) in [7, 11) is 8.73. The highest BCUT2D eigenvalue weighted by atomic mass is 16.5. The number of ether oxygens (including phenoxy) is 4. The Kier molecular flexibility index (Phi) is 9.95. The largest absolute Gasteiger partial charge is 0.493 e. The number of benzene rings is 2. The number of hydrogen-bond acceptors (Lipinski definition) is 6. The second kappa shape index (κ2) is 12.4. The van der Waals surface area contributed by atoms with E-state index in [4.69, 9.17) is 24.1 Å². The topological polar surface area (TPSA) is 60.4 Å². The van der Waals surface area contributed by atoms with Crippen molar-refractivity contribution in [3.8, 4) is 23.0 Å². The van der Waals surface area contributed by atoms with Crippen LogP contribution in [0.3, 0.4) is 0 Å². The second-order valence-electron chi connectivity index (χ2n) is 7.83. The fourth-order valence-electron chi connectivity index (χ4n) is 3.85. The molecule has 0 saturated carbocycles. The first-order valence-corrected chi connectivity index (χ1v) is 10.7. The fraction of sp³-hybridized carbons (Fsp3) is 0.520. The van der Waals surface area contributed by atoms with Crippen molar-refractivity contribution < 1.29 is 24.1 Å². The number of hydrogen-bond donors (Lipinski definition) is 1. The zero-order valence-corrected chi connectivity index (χ0v) is 19.7. The summed E-state index contributed by atoms with van der Waals surface area (Å²) in [6, 6.07) is 10.3. The molecule has 0 fully saturated rings. The van der Waals surface area contributed by atoms with E-state index in [0.717, 1.165) is 55.4 Å². The molecule has 0 amide bonds. The van der Waals surface area contributed by atoms with E-state index in [0.29, 0.717) is 0 Å². The lowest BCUT2D eigenvalue weighted by Crippen LogP contribution is -2.23. The zero-order valence-electron chi connectivity index (χ0n) is 19.7. The summed E-state index contributed by atoms with van der Waals surface area (Å²) in [6.07, 6.45) is 2.54. The first-order valence-electron chi connectivity index (χ1n) is 10.7. The average Bonchev–Trinajstić information content (AvgIpc) is 2.80. The summed E-state index contributed by atoms with van der Waals surface area (Å²) in [5, 5.41) is 9.08. The number of likely N-dealkylation sites (N-methyl/N-ethyl adjacent to an activating group) is 1. The Morgan fingerprint density at radius 3 is 2.06 bits per heavy atom. The van der Waals surface area contributed by atoms with E-state index in [-0.39, 0.29) is 12.5 Å². The van der Waals surface area contributed by atoms with Crippen LogP contribution in [0.1, 0.15) is 36.0 Å². The molecule has 0 heterocycles. The fourth-order valence-corrected chi connectivity index (χ4v) is 3.85. The van der Waals surface area contributed by atoms with Gasteiger partial charge in [0.2, 0.25) is 0 Å². The molecule has 0 spiro atoms. The highest BCUT2D eigenvalue weighted by Crippen LogP contribution is 2.36. The minimum absolute atomic E-state index is 0.217. The molecule has 0 unspecified atom stereocenters. The summed E-state index contributed by atoms with van der Waals surface area (Å²) in [5.74, 6) is 3.24. The lowest BCUT2D eigenvalue weighted by molar-refractivity contribution is 0.248. The van der Waals surface area contributed by atoms with Gasteiger partial charge in [-0.3, -0.25) is 0 Å². The van der Waals surface area contributed by atoms with Gasteiger partial charge in [-0.05, 0) is 73.2 Å². The van der Waals surface area contributed by atoms with Gasteiger partial charge < -0.3 is 29.0 Å². The molecular formula is C25H37NO5. The average molecular weight is 432 g/mol. The standard InChI is InChI=1S/C25H37NO5/c1-18(14-19-8-9-22(28-3)23(15-19)29-4)21-17-25(31-6)24(30-5)16-20(21)10-12-26(2)11-7-13-27/h8-9,15-18,27H,7,10-14H2,1-6H3/t18-/m1/s1. The molecule has 1 atom stereocenters. The van der Waals surface area contributed by atoms with Crippen molar-refractivity contribution in [3.63, 3.8) is 0 Å². The predicted octanol–water partition coefficient (Wildman–Crippen LogP) is 3.92. The van der Waals surface area contributed by atoms with Crippen LogP contribution in [0.2, 0.25) is 0 Å². The highest BCUT2D eigenvalue weighted by Gasteiger charge is 2.18. The predicted molar refractivity (Wildman–Crippen MR) is 124 cm³/mol. The Morgan fingerprint density at radius 1 is 0.839 bits per heavy atom. The van der Waals surface area contributed by atoms with Crippen LogP contribution < -0.4 is 18.9 Å². The lowest BCUT2D eigenvalue weighted by Gasteiger charge is -2.22. The third kappa shape index (κ3) is 6.77. The molecule has 0 aromatic heterocycles. The molecule has 31 heavy (non-hydrogen) atoms. The Hall–Kier alpha value is -2.44. The van der Waals surface area contributed by atoms with Gasteiger partial charge in [0, 0.05) is 19.7 Å². The molecule has 1 N–H and O–H groups in total. The Balaban J connectivity index is 2.29. The van der Waals surface area contributed by atoms with Gasteiger partial charge in [0.05, 0.1) is 28.4 Å². The molecule has 172 valence electrons. The number of aliphatic hydroxyl groups is 1. The van der Waals surface area contributed by atoms with Gasteiger partial charge in [-0.25, -0.2) is 0 Å². The molecule has 0 radical (unpaired) electrons. The summed E-state index contributed by atoms with van der Waals surface area (Å²) in [4.78, 5) is 2.25. The number of nitrogens with zero attached hydrogens (tertiary/aromatic N) is 1. The second-order valence-corrected chi connectivity index (χ2v) is 7.83. The van der Waals surface area contributed by atoms with Crippen molar-refractivity contribution >= 4 is 0 Å². The molecule has 6 nitrogen and oxygen atoms in total. The zero-order chi connectivity index (χ0) is 22.8. The quantitative estimate of drug-likeness (QED) is 0.519. The van der Waals surface area contributed by atoms with E-state index in [2.05, 4.69) is 37.1 Å². The molecular weight excluding hydrogens is 394 g/mol. The number of rotatable bonds is 13. The van der Waals surface area contributed by atoms with Gasteiger partial charge in [-0.2, -0.15) is 0 Å². The molecule has 2 aromatic carbocycles. The summed E-state index contributed by atoms with van der Waals surface area (Å²) in [5.41, 5.74) is 3.69. The normalized spacial score (nSPS) is 12.0. The highest BCUT2D eigenvalue weighted by molar-refractivity contribution is 5.49. The van der Waals surface area contributed by atoms with Crippen LogP contribution in [0, 0.1) is 0 Å². The monoisotopic (exact) mass is 431 g/mol. The van der Waals surface area contributed by atoms with Crippen LogP contribution in [-0.2, 0) is 12.8 Å². The third-order valence-electron chi connectivity index (χ3n) is 5.63. The maximum Gasteiger partial charge on any atom is 0.161 e. The van der Waals surface area contributed by atoms with Gasteiger partial charge in [0.1, 0.15) is 0 Å². The van der Waals surface area contributed by atoms with Crippen LogP contribution >= 0.6 is 0 Å². The van der Waals surface area contributed by atoms with Gasteiger partial charge in [0.25, 0.3) is 0 Å². The van der Waals surface area contributed by atoms with Crippen molar-refractivity contribution in [1.29, 1.82) is 0 Å². The first kappa shape index (κ1) is 24.8. The maximum atomic E-state index is 9.08. The molecule has 0 aliphatic heterocycles. The lowest BCUT2D eigenvalue weighted by atomic mass is 9.88. The minimum Gasteiger partial charge on any atom is -0.493 e. The van der Waals surface area contributed by atoms with Gasteiger partial charge in [-0.1, -0.05) is 13.0 Å². The molecule has 2 rings (SSSR count). The van der Waals surface area contributed by atoms with Crippen LogP contribution in [0.4, 0.5) is 0 Å². The van der Waals surface area contributed by atoms with Crippen molar-refractivity contribution in [2.24, 2.45) is 0 Å². The molecule has 6 heteroatoms. The van der Waals surface area contributed by atoms with E-state index in [9.17, 15) is 0 Å². The summed E-state index contributed by atoms with van der Waals surface area (Å²) in [6.45, 7) is 4.23. The van der Waals surface area contributed by atoms with Gasteiger partial charge in [0.15, 0.2) is 23.0 Å². The van der Waals surface area contributed by atoms with E-state index in [1.54, 1.807) is 28.4 Å². The van der Waals surface area contributed by atoms with E-state index in [1.165, 1.54) is 16.7 Å². The van der Waals surface area contributed by atoms with Crippen molar-refractivity contribution in [3.05, 3.63) is 47.0 Å². The maximum absolute atomic E-state index is 9.08. The third-order valence-corrected chi connectivity index (χ3v) is 5.63. The van der Waals surface area contributed by atoms with Crippen LogP contribution in [0.5, 0.6) is 23.0 Å². The van der Waals surface area contributed by atoms with E-state index < -0.39 is 0 Å². The van der Waals surface area contributed by atoms with Gasteiger partial charge in [-0.15, -0.1) is 0 Å². The Morgan fingerprint density at radius 2 is 1.45 bits per heavy atom. The molecule has 0 saturated heterocycles. The molecule has 0 aliphatic carbocycles. The summed E-state index contributed by atoms with van der Waals surface area (Å²) < 4.78 is 22.0. The smallest absolute Gasteiger partial charge is 0.161 e. The van der Waals surface area contributed by atoms with E-state index >= 15 is 0 Å². The van der Waals surface area contributed by atoms with E-state index in [1.807, 2.05) is 12.1 Å². The molecule has 0 aliphatic rings. The van der Waals surface area contributed by atoms with Crippen LogP contribution in [0.25, 0.3) is 0 Å². The van der Waals surface area contributed by atoms with Gasteiger partial charge >= 0.3 is 0 Å². The minimum atomic E-state index is 0.217. The van der Waals surface area contributed by atoms with Crippen LogP contribution in [-0.4, -0.2) is 65.2 Å². The van der Waals surface area contributed by atoms with Crippen LogP contribution in [0.15, 0.2) is 30.3 Å². The van der Waals surface area contributed by atoms with Crippen molar-refractivity contribution in [1.82, 2.24) is 4.90 Å². The Labute approximate surface area is 186 Å².